The molecule has 1 saturated heterocycles. The molecule has 31 heavy (non-hydrogen) atoms. The highest BCUT2D eigenvalue weighted by molar-refractivity contribution is 7.91. The maximum Gasteiger partial charge on any atom is 0.276 e. The molecule has 162 valence electrons. The van der Waals surface area contributed by atoms with Gasteiger partial charge in [-0.3, -0.25) is 4.79 Å². The highest BCUT2D eigenvalue weighted by atomic mass is 35.5. The lowest BCUT2D eigenvalue weighted by Crippen LogP contribution is -2.40. The third-order valence-electron chi connectivity index (χ3n) is 5.39. The van der Waals surface area contributed by atoms with E-state index in [-0.39, 0.29) is 29.5 Å². The number of carbonyl (C=O) groups excluding carboxylic acids is 1. The lowest BCUT2D eigenvalue weighted by atomic mass is 10.1. The number of amides is 1. The van der Waals surface area contributed by atoms with Gasteiger partial charge in [0.2, 0.25) is 0 Å². The molecule has 2 aromatic carbocycles. The summed E-state index contributed by atoms with van der Waals surface area (Å²) in [6.45, 7) is 1.79. The van der Waals surface area contributed by atoms with Gasteiger partial charge in [-0.05, 0) is 36.6 Å². The molecule has 1 amide bonds. The van der Waals surface area contributed by atoms with Gasteiger partial charge in [0.1, 0.15) is 5.82 Å². The molecular formula is C22H20ClFN2O4S. The molecule has 1 aliphatic heterocycles. The van der Waals surface area contributed by atoms with Crippen molar-refractivity contribution in [2.75, 3.05) is 11.5 Å². The van der Waals surface area contributed by atoms with Crippen molar-refractivity contribution < 1.29 is 22.1 Å². The second kappa shape index (κ2) is 8.43. The molecule has 0 spiro atoms. The van der Waals surface area contributed by atoms with Gasteiger partial charge in [0, 0.05) is 29.2 Å². The topological polar surface area (TPSA) is 80.5 Å². The van der Waals surface area contributed by atoms with Gasteiger partial charge in [-0.25, -0.2) is 12.8 Å². The zero-order chi connectivity index (χ0) is 22.2. The Kier molecular flexibility index (Phi) is 5.85. The molecule has 0 saturated carbocycles. The van der Waals surface area contributed by atoms with E-state index in [1.165, 1.54) is 17.0 Å². The van der Waals surface area contributed by atoms with Crippen molar-refractivity contribution in [2.24, 2.45) is 0 Å². The van der Waals surface area contributed by atoms with Gasteiger partial charge in [-0.1, -0.05) is 47.1 Å². The van der Waals surface area contributed by atoms with E-state index in [1.807, 2.05) is 0 Å². The summed E-state index contributed by atoms with van der Waals surface area (Å²) < 4.78 is 43.3. The monoisotopic (exact) mass is 462 g/mol. The minimum absolute atomic E-state index is 0.0207. The van der Waals surface area contributed by atoms with Gasteiger partial charge < -0.3 is 9.42 Å². The number of hydrogen-bond acceptors (Lipinski definition) is 5. The number of carbonyl (C=O) groups is 1. The number of hydrogen-bond donors (Lipinski definition) is 0. The predicted molar refractivity (Wildman–Crippen MR) is 115 cm³/mol. The Morgan fingerprint density at radius 2 is 2.03 bits per heavy atom. The van der Waals surface area contributed by atoms with Crippen LogP contribution in [0.15, 0.2) is 53.1 Å². The fraction of sp³-hybridized carbons (Fsp3) is 0.273. The molecule has 3 aromatic rings. The molecule has 2 heterocycles. The Morgan fingerprint density at radius 1 is 1.26 bits per heavy atom. The highest BCUT2D eigenvalue weighted by Crippen LogP contribution is 2.27. The zero-order valence-corrected chi connectivity index (χ0v) is 18.3. The second-order valence-electron chi connectivity index (χ2n) is 7.62. The van der Waals surface area contributed by atoms with Gasteiger partial charge in [-0.15, -0.1) is 0 Å². The van der Waals surface area contributed by atoms with Crippen LogP contribution in [0.2, 0.25) is 5.02 Å². The summed E-state index contributed by atoms with van der Waals surface area (Å²) in [6.07, 6.45) is 0.340. The maximum atomic E-state index is 13.9. The summed E-state index contributed by atoms with van der Waals surface area (Å²) in [5.74, 6) is -0.699. The second-order valence-corrected chi connectivity index (χ2v) is 10.3. The number of aryl methyl sites for hydroxylation is 1. The van der Waals surface area contributed by atoms with Crippen LogP contribution in [0.5, 0.6) is 0 Å². The number of nitrogens with zero attached hydrogens (tertiary/aromatic N) is 2. The van der Waals surface area contributed by atoms with E-state index >= 15 is 0 Å². The molecule has 1 aromatic heterocycles. The first-order valence-electron chi connectivity index (χ1n) is 9.71. The van der Waals surface area contributed by atoms with Crippen LogP contribution in [0.3, 0.4) is 0 Å². The van der Waals surface area contributed by atoms with E-state index < -0.39 is 27.6 Å². The van der Waals surface area contributed by atoms with Gasteiger partial charge in [0.05, 0.1) is 11.5 Å². The average molecular weight is 463 g/mol. The van der Waals surface area contributed by atoms with Gasteiger partial charge in [0.25, 0.3) is 5.91 Å². The molecule has 1 atom stereocenters. The summed E-state index contributed by atoms with van der Waals surface area (Å²) in [4.78, 5) is 14.8. The quantitative estimate of drug-likeness (QED) is 0.565. The third kappa shape index (κ3) is 4.65. The van der Waals surface area contributed by atoms with E-state index in [1.54, 1.807) is 43.3 Å². The highest BCUT2D eigenvalue weighted by Gasteiger charge is 2.36. The fourth-order valence-corrected chi connectivity index (χ4v) is 5.53. The zero-order valence-electron chi connectivity index (χ0n) is 16.7. The minimum atomic E-state index is -3.22. The van der Waals surface area contributed by atoms with Gasteiger partial charge in [0.15, 0.2) is 21.3 Å². The Morgan fingerprint density at radius 3 is 2.71 bits per heavy atom. The summed E-state index contributed by atoms with van der Waals surface area (Å²) >= 11 is 6.27. The van der Waals surface area contributed by atoms with Crippen LogP contribution in [0.25, 0.3) is 11.3 Å². The molecular weight excluding hydrogens is 443 g/mol. The van der Waals surface area contributed by atoms with E-state index in [0.717, 1.165) is 0 Å². The van der Waals surface area contributed by atoms with Crippen molar-refractivity contribution in [1.29, 1.82) is 0 Å². The molecule has 1 aliphatic rings. The van der Waals surface area contributed by atoms with E-state index in [4.69, 9.17) is 16.1 Å². The van der Waals surface area contributed by atoms with Crippen LogP contribution < -0.4 is 0 Å². The summed E-state index contributed by atoms with van der Waals surface area (Å²) in [5, 5.41) is 4.35. The Balaban J connectivity index is 1.65. The molecule has 4 rings (SSSR count). The summed E-state index contributed by atoms with van der Waals surface area (Å²) in [5.41, 5.74) is 1.67. The van der Waals surface area contributed by atoms with Crippen LogP contribution in [0, 0.1) is 12.7 Å². The first kappa shape index (κ1) is 21.5. The predicted octanol–water partition coefficient (Wildman–Crippen LogP) is 4.27. The number of halogens is 2. The molecule has 9 heteroatoms. The standard InChI is InChI=1S/C22H20ClFN2O4S/c1-14-6-7-15(10-19(14)24)21-11-20(25-30-21)22(27)26(17-8-9-31(28,29)13-17)12-16-4-2-3-5-18(16)23/h2-7,10-11,17H,8-9,12-13H2,1H3/t17-/m0/s1. The molecule has 0 radical (unpaired) electrons. The lowest BCUT2D eigenvalue weighted by molar-refractivity contribution is 0.0670. The maximum absolute atomic E-state index is 13.9. The number of aromatic nitrogens is 1. The van der Waals surface area contributed by atoms with E-state index in [9.17, 15) is 17.6 Å². The lowest BCUT2D eigenvalue weighted by Gasteiger charge is -2.28. The number of benzene rings is 2. The Labute approximate surface area is 184 Å². The summed E-state index contributed by atoms with van der Waals surface area (Å²) in [6, 6.07) is 12.6. The largest absolute Gasteiger partial charge is 0.355 e. The first-order valence-corrected chi connectivity index (χ1v) is 11.9. The fourth-order valence-electron chi connectivity index (χ4n) is 3.60. The first-order chi connectivity index (χ1) is 14.7. The van der Waals surface area contributed by atoms with Crippen LogP contribution >= 0.6 is 11.6 Å². The third-order valence-corrected chi connectivity index (χ3v) is 7.51. The SMILES string of the molecule is Cc1ccc(-c2cc(C(=O)N(Cc3ccccc3Cl)[C@H]3CCS(=O)(=O)C3)no2)cc1F. The molecule has 0 aliphatic carbocycles. The van der Waals surface area contributed by atoms with Crippen molar-refractivity contribution in [3.63, 3.8) is 0 Å². The number of sulfone groups is 1. The van der Waals surface area contributed by atoms with Crippen molar-refractivity contribution in [3.05, 3.63) is 76.2 Å². The van der Waals surface area contributed by atoms with Gasteiger partial charge in [-0.2, -0.15) is 0 Å². The number of rotatable bonds is 5. The minimum Gasteiger partial charge on any atom is -0.355 e. The molecule has 1 fully saturated rings. The molecule has 0 unspecified atom stereocenters. The van der Waals surface area contributed by atoms with Crippen LogP contribution in [0.4, 0.5) is 4.39 Å². The molecule has 0 N–H and O–H groups in total. The van der Waals surface area contributed by atoms with Crippen molar-refractivity contribution in [3.8, 4) is 11.3 Å². The molecule has 0 bridgehead atoms. The molecule has 6 nitrogen and oxygen atoms in total. The summed E-state index contributed by atoms with van der Waals surface area (Å²) in [7, 11) is -3.22. The Hall–Kier alpha value is -2.71. The smallest absolute Gasteiger partial charge is 0.276 e. The van der Waals surface area contributed by atoms with Crippen LogP contribution in [-0.2, 0) is 16.4 Å². The van der Waals surface area contributed by atoms with Crippen molar-refractivity contribution in [1.82, 2.24) is 10.1 Å². The normalized spacial score (nSPS) is 17.6. The Bertz CT molecular complexity index is 1240. The van der Waals surface area contributed by atoms with E-state index in [0.29, 0.717) is 28.1 Å². The van der Waals surface area contributed by atoms with Gasteiger partial charge >= 0.3 is 0 Å². The van der Waals surface area contributed by atoms with E-state index in [2.05, 4.69) is 5.16 Å². The van der Waals surface area contributed by atoms with Crippen LogP contribution in [-0.4, -0.2) is 41.9 Å². The van der Waals surface area contributed by atoms with Crippen LogP contribution in [0.1, 0.15) is 28.0 Å². The van der Waals surface area contributed by atoms with Crippen molar-refractivity contribution >= 4 is 27.3 Å². The average Bonchev–Trinajstić information content (AvgIpc) is 3.36. The van der Waals surface area contributed by atoms with Crippen molar-refractivity contribution in [2.45, 2.75) is 25.9 Å².